The fraction of sp³-hybridized carbons (Fsp3) is 0.111. The molecule has 0 saturated carbocycles. The van der Waals surface area contributed by atoms with Crippen LogP contribution >= 0.6 is 35.0 Å². The highest BCUT2D eigenvalue weighted by atomic mass is 35.5. The van der Waals surface area contributed by atoms with Crippen molar-refractivity contribution in [2.75, 3.05) is 5.75 Å². The summed E-state index contributed by atoms with van der Waals surface area (Å²) in [7, 11) is 0. The molecular weight excluding hydrogens is 211 g/mol. The first-order valence-electron chi connectivity index (χ1n) is 3.25. The fourth-order valence-electron chi connectivity index (χ4n) is 0.707. The molecule has 0 bridgehead atoms. The average molecular weight is 217 g/mol. The van der Waals surface area contributed by atoms with Gasteiger partial charge in [0.15, 0.2) is 0 Å². The van der Waals surface area contributed by atoms with E-state index in [-0.39, 0.29) is 0 Å². The van der Waals surface area contributed by atoms with Crippen LogP contribution in [0.2, 0.25) is 10.0 Å². The molecule has 0 radical (unpaired) electrons. The van der Waals surface area contributed by atoms with Gasteiger partial charge in [0.05, 0.1) is 10.8 Å². The van der Waals surface area contributed by atoms with Gasteiger partial charge in [0.25, 0.3) is 0 Å². The van der Waals surface area contributed by atoms with E-state index in [2.05, 4.69) is 5.92 Å². The van der Waals surface area contributed by atoms with Crippen molar-refractivity contribution in [2.45, 2.75) is 4.90 Å². The van der Waals surface area contributed by atoms with E-state index in [1.54, 1.807) is 12.1 Å². The van der Waals surface area contributed by atoms with Gasteiger partial charge in [-0.25, -0.2) is 0 Å². The Kier molecular flexibility index (Phi) is 3.81. The molecule has 0 amide bonds. The summed E-state index contributed by atoms with van der Waals surface area (Å²) in [5.41, 5.74) is 0. The molecule has 0 heterocycles. The molecule has 0 unspecified atom stereocenters. The normalized spacial score (nSPS) is 9.42. The average Bonchev–Trinajstić information content (AvgIpc) is 2.07. The van der Waals surface area contributed by atoms with Crippen molar-refractivity contribution in [3.8, 4) is 12.3 Å². The maximum atomic E-state index is 5.88. The van der Waals surface area contributed by atoms with Crippen LogP contribution < -0.4 is 0 Å². The Morgan fingerprint density at radius 1 is 1.42 bits per heavy atom. The summed E-state index contributed by atoms with van der Waals surface area (Å²) in [4.78, 5) is 0.933. The van der Waals surface area contributed by atoms with Crippen LogP contribution in [0.4, 0.5) is 0 Å². The first kappa shape index (κ1) is 9.80. The van der Waals surface area contributed by atoms with Crippen LogP contribution in [-0.4, -0.2) is 5.75 Å². The van der Waals surface area contributed by atoms with Crippen LogP contribution in [0.25, 0.3) is 0 Å². The lowest BCUT2D eigenvalue weighted by Gasteiger charge is -2.00. The zero-order valence-corrected chi connectivity index (χ0v) is 8.51. The van der Waals surface area contributed by atoms with E-state index in [1.165, 1.54) is 11.8 Å². The zero-order chi connectivity index (χ0) is 8.97. The third-order valence-electron chi connectivity index (χ3n) is 1.20. The standard InChI is InChI=1S/C9H6Cl2S/c1-2-5-12-9-6-7(10)3-4-8(9)11/h1,3-4,6H,5H2. The van der Waals surface area contributed by atoms with Gasteiger partial charge in [-0.15, -0.1) is 18.2 Å². The predicted octanol–water partition coefficient (Wildman–Crippen LogP) is 3.72. The Labute approximate surface area is 86.3 Å². The molecule has 0 atom stereocenters. The van der Waals surface area contributed by atoms with Crippen molar-refractivity contribution in [3.05, 3.63) is 28.2 Å². The van der Waals surface area contributed by atoms with Crippen molar-refractivity contribution in [1.29, 1.82) is 0 Å². The van der Waals surface area contributed by atoms with E-state index in [0.717, 1.165) is 4.90 Å². The van der Waals surface area contributed by atoms with Gasteiger partial charge < -0.3 is 0 Å². The largest absolute Gasteiger partial charge is 0.119 e. The highest BCUT2D eigenvalue weighted by Gasteiger charge is 2.00. The quantitative estimate of drug-likeness (QED) is 0.537. The van der Waals surface area contributed by atoms with Crippen molar-refractivity contribution in [3.63, 3.8) is 0 Å². The van der Waals surface area contributed by atoms with Gasteiger partial charge in [-0.3, -0.25) is 0 Å². The Hall–Kier alpha value is -0.290. The van der Waals surface area contributed by atoms with Crippen molar-refractivity contribution in [1.82, 2.24) is 0 Å². The van der Waals surface area contributed by atoms with Gasteiger partial charge in [-0.2, -0.15) is 0 Å². The van der Waals surface area contributed by atoms with Gasteiger partial charge in [-0.1, -0.05) is 29.1 Å². The lowest BCUT2D eigenvalue weighted by Crippen LogP contribution is -1.76. The summed E-state index contributed by atoms with van der Waals surface area (Å²) in [6.07, 6.45) is 5.12. The minimum absolute atomic E-state index is 0.611. The number of benzene rings is 1. The van der Waals surface area contributed by atoms with Crippen LogP contribution in [0.15, 0.2) is 23.1 Å². The number of hydrogen-bond acceptors (Lipinski definition) is 1. The second-order valence-corrected chi connectivity index (χ2v) is 3.93. The van der Waals surface area contributed by atoms with Crippen LogP contribution in [0, 0.1) is 12.3 Å². The van der Waals surface area contributed by atoms with Gasteiger partial charge >= 0.3 is 0 Å². The van der Waals surface area contributed by atoms with Crippen LogP contribution in [-0.2, 0) is 0 Å². The Balaban J connectivity index is 2.84. The topological polar surface area (TPSA) is 0 Å². The smallest absolute Gasteiger partial charge is 0.0592 e. The maximum absolute atomic E-state index is 5.88. The Morgan fingerprint density at radius 2 is 2.17 bits per heavy atom. The van der Waals surface area contributed by atoms with E-state index >= 15 is 0 Å². The van der Waals surface area contributed by atoms with Crippen molar-refractivity contribution >= 4 is 35.0 Å². The van der Waals surface area contributed by atoms with Crippen LogP contribution in [0.1, 0.15) is 0 Å². The molecule has 3 heteroatoms. The van der Waals surface area contributed by atoms with Crippen molar-refractivity contribution in [2.24, 2.45) is 0 Å². The summed E-state index contributed by atoms with van der Waals surface area (Å²) in [5.74, 6) is 3.14. The summed E-state index contributed by atoms with van der Waals surface area (Å²) in [6.45, 7) is 0. The number of rotatable bonds is 2. The summed E-state index contributed by atoms with van der Waals surface area (Å²) in [5, 5.41) is 1.37. The number of hydrogen-bond donors (Lipinski definition) is 0. The number of halogens is 2. The second-order valence-electron chi connectivity index (χ2n) is 2.07. The molecule has 0 spiro atoms. The first-order valence-corrected chi connectivity index (χ1v) is 4.99. The van der Waals surface area contributed by atoms with Crippen molar-refractivity contribution < 1.29 is 0 Å². The molecule has 0 saturated heterocycles. The highest BCUT2D eigenvalue weighted by molar-refractivity contribution is 7.99. The predicted molar refractivity (Wildman–Crippen MR) is 56.0 cm³/mol. The molecule has 0 aliphatic heterocycles. The molecule has 0 N–H and O–H groups in total. The monoisotopic (exact) mass is 216 g/mol. The first-order chi connectivity index (χ1) is 5.74. The second kappa shape index (κ2) is 4.67. The Morgan fingerprint density at radius 3 is 2.83 bits per heavy atom. The fourth-order valence-corrected chi connectivity index (χ4v) is 1.88. The number of thioether (sulfide) groups is 1. The zero-order valence-electron chi connectivity index (χ0n) is 6.18. The molecule has 0 aromatic heterocycles. The summed E-state index contributed by atoms with van der Waals surface area (Å²) >= 11 is 13.2. The lowest BCUT2D eigenvalue weighted by molar-refractivity contribution is 1.46. The van der Waals surface area contributed by atoms with Gasteiger partial charge in [-0.05, 0) is 18.2 Å². The van der Waals surface area contributed by atoms with Gasteiger partial charge in [0.2, 0.25) is 0 Å². The number of terminal acetylenes is 1. The van der Waals surface area contributed by atoms with E-state index in [9.17, 15) is 0 Å². The SMILES string of the molecule is C#CCSc1cc(Cl)ccc1Cl. The molecule has 1 aromatic carbocycles. The lowest BCUT2D eigenvalue weighted by atomic mass is 10.4. The van der Waals surface area contributed by atoms with E-state index in [4.69, 9.17) is 29.6 Å². The summed E-state index contributed by atoms with van der Waals surface area (Å²) in [6, 6.07) is 5.33. The van der Waals surface area contributed by atoms with E-state index < -0.39 is 0 Å². The highest BCUT2D eigenvalue weighted by Crippen LogP contribution is 2.29. The molecule has 0 aliphatic rings. The maximum Gasteiger partial charge on any atom is 0.0592 e. The molecule has 62 valence electrons. The molecule has 12 heavy (non-hydrogen) atoms. The minimum Gasteiger partial charge on any atom is -0.119 e. The third kappa shape index (κ3) is 2.64. The van der Waals surface area contributed by atoms with Gasteiger partial charge in [0.1, 0.15) is 0 Å². The molecule has 1 aromatic rings. The Bertz CT molecular complexity index is 315. The third-order valence-corrected chi connectivity index (χ3v) is 2.84. The summed E-state index contributed by atoms with van der Waals surface area (Å²) < 4.78 is 0. The molecule has 0 aliphatic carbocycles. The van der Waals surface area contributed by atoms with E-state index in [0.29, 0.717) is 15.8 Å². The molecule has 0 fully saturated rings. The van der Waals surface area contributed by atoms with Gasteiger partial charge in [0, 0.05) is 9.92 Å². The molecular formula is C9H6Cl2S. The van der Waals surface area contributed by atoms with Crippen LogP contribution in [0.5, 0.6) is 0 Å². The molecule has 0 nitrogen and oxygen atoms in total. The van der Waals surface area contributed by atoms with Crippen LogP contribution in [0.3, 0.4) is 0 Å². The van der Waals surface area contributed by atoms with E-state index in [1.807, 2.05) is 6.07 Å². The minimum atomic E-state index is 0.611. The molecule has 1 rings (SSSR count).